The average molecular weight is 392 g/mol. The van der Waals surface area contributed by atoms with Crippen molar-refractivity contribution in [1.82, 2.24) is 30.0 Å². The van der Waals surface area contributed by atoms with Crippen LogP contribution in [0.25, 0.3) is 0 Å². The first kappa shape index (κ1) is 18.1. The summed E-state index contributed by atoms with van der Waals surface area (Å²) in [5.74, 6) is 2.43. The van der Waals surface area contributed by atoms with Crippen molar-refractivity contribution in [2.45, 2.75) is 38.5 Å². The summed E-state index contributed by atoms with van der Waals surface area (Å²) >= 11 is 0. The summed E-state index contributed by atoms with van der Waals surface area (Å²) in [6.45, 7) is 4.91. The molecule has 0 amide bonds. The number of sulfone groups is 1. The van der Waals surface area contributed by atoms with Crippen LogP contribution >= 0.6 is 0 Å². The van der Waals surface area contributed by atoms with Gasteiger partial charge in [-0.1, -0.05) is 6.92 Å². The topological polar surface area (TPSA) is 118 Å². The minimum Gasteiger partial charge on any atom is -0.350 e. The van der Waals surface area contributed by atoms with Crippen LogP contribution in [0.2, 0.25) is 0 Å². The van der Waals surface area contributed by atoms with Crippen molar-refractivity contribution in [3.8, 4) is 0 Å². The summed E-state index contributed by atoms with van der Waals surface area (Å²) in [7, 11) is -3.01. The molecule has 0 bridgehead atoms. The Morgan fingerprint density at radius 1 is 1.37 bits per heavy atom. The summed E-state index contributed by atoms with van der Waals surface area (Å²) < 4.78 is 26.1. The number of rotatable bonds is 6. The Morgan fingerprint density at radius 2 is 2.26 bits per heavy atom. The molecule has 0 spiro atoms. The van der Waals surface area contributed by atoms with E-state index in [-0.39, 0.29) is 23.6 Å². The number of aryl methyl sites for hydroxylation is 1. The minimum atomic E-state index is -3.01. The van der Waals surface area contributed by atoms with Gasteiger partial charge >= 0.3 is 0 Å². The third kappa shape index (κ3) is 3.88. The maximum Gasteiger partial charge on any atom is 0.224 e. The van der Waals surface area contributed by atoms with Gasteiger partial charge < -0.3 is 20.1 Å². The number of piperazine rings is 1. The van der Waals surface area contributed by atoms with Gasteiger partial charge in [0.2, 0.25) is 5.95 Å². The number of aromatic nitrogens is 5. The van der Waals surface area contributed by atoms with Gasteiger partial charge in [0.05, 0.1) is 24.1 Å². The first-order chi connectivity index (χ1) is 13.1. The predicted molar refractivity (Wildman–Crippen MR) is 101 cm³/mol. The number of fused-ring (bicyclic) bond motifs is 1. The fraction of sp³-hybridized carbons (Fsp3) is 0.625. The smallest absolute Gasteiger partial charge is 0.224 e. The highest BCUT2D eigenvalue weighted by molar-refractivity contribution is 7.91. The molecule has 2 fully saturated rings. The van der Waals surface area contributed by atoms with Crippen LogP contribution in [0.1, 0.15) is 19.2 Å². The Hall–Kier alpha value is -2.27. The second-order valence-electron chi connectivity index (χ2n) is 6.93. The van der Waals surface area contributed by atoms with Crippen molar-refractivity contribution in [2.24, 2.45) is 0 Å². The molecule has 0 radical (unpaired) electrons. The van der Waals surface area contributed by atoms with Crippen LogP contribution in [-0.2, 0) is 22.9 Å². The van der Waals surface area contributed by atoms with Crippen LogP contribution in [0.4, 0.5) is 11.8 Å². The molecule has 0 aliphatic carbocycles. The number of hydrogen-bond donors (Lipinski definition) is 2. The van der Waals surface area contributed by atoms with E-state index in [9.17, 15) is 8.42 Å². The molecule has 0 saturated carbocycles. The van der Waals surface area contributed by atoms with Crippen LogP contribution in [0, 0.1) is 0 Å². The largest absolute Gasteiger partial charge is 0.350 e. The quantitative estimate of drug-likeness (QED) is 0.681. The van der Waals surface area contributed by atoms with E-state index < -0.39 is 9.84 Å². The zero-order chi connectivity index (χ0) is 18.9. The maximum absolute atomic E-state index is 12.0. The lowest BCUT2D eigenvalue weighted by molar-refractivity contribution is 0.423. The lowest BCUT2D eigenvalue weighted by Crippen LogP contribution is -2.57. The molecule has 4 rings (SSSR count). The molecule has 10 nitrogen and oxygen atoms in total. The molecule has 4 heterocycles. The van der Waals surface area contributed by atoms with E-state index in [0.29, 0.717) is 12.5 Å². The van der Waals surface area contributed by atoms with Gasteiger partial charge in [-0.15, -0.1) is 10.2 Å². The van der Waals surface area contributed by atoms with Crippen LogP contribution in [0.3, 0.4) is 0 Å². The van der Waals surface area contributed by atoms with E-state index in [1.165, 1.54) is 0 Å². The van der Waals surface area contributed by atoms with E-state index in [2.05, 4.69) is 42.6 Å². The van der Waals surface area contributed by atoms with Gasteiger partial charge in [0, 0.05) is 31.9 Å². The van der Waals surface area contributed by atoms with Crippen LogP contribution in [0.5, 0.6) is 0 Å². The second-order valence-corrected chi connectivity index (χ2v) is 9.08. The van der Waals surface area contributed by atoms with E-state index >= 15 is 0 Å². The van der Waals surface area contributed by atoms with Gasteiger partial charge in [0.15, 0.2) is 15.7 Å². The number of hydrogen-bond acceptors (Lipinski definition) is 9. The molecular weight excluding hydrogens is 368 g/mol. The van der Waals surface area contributed by atoms with E-state index in [4.69, 9.17) is 0 Å². The molecule has 2 N–H and O–H groups in total. The Morgan fingerprint density at radius 3 is 3.11 bits per heavy atom. The van der Waals surface area contributed by atoms with Gasteiger partial charge in [-0.25, -0.2) is 13.4 Å². The Kier molecular flexibility index (Phi) is 4.96. The average Bonchev–Trinajstić information content (AvgIpc) is 3.22. The highest BCUT2D eigenvalue weighted by Gasteiger charge is 2.43. The Balaban J connectivity index is 1.48. The van der Waals surface area contributed by atoms with Gasteiger partial charge in [-0.3, -0.25) is 0 Å². The van der Waals surface area contributed by atoms with Gasteiger partial charge in [-0.05, 0) is 12.5 Å². The van der Waals surface area contributed by atoms with Crippen molar-refractivity contribution in [1.29, 1.82) is 0 Å². The highest BCUT2D eigenvalue weighted by Crippen LogP contribution is 2.26. The van der Waals surface area contributed by atoms with Crippen molar-refractivity contribution < 1.29 is 8.42 Å². The molecule has 0 unspecified atom stereocenters. The van der Waals surface area contributed by atoms with Crippen LogP contribution in [-0.4, -0.2) is 69.8 Å². The molecule has 2 aromatic rings. The molecule has 2 atom stereocenters. The van der Waals surface area contributed by atoms with Crippen molar-refractivity contribution in [2.75, 3.05) is 34.8 Å². The first-order valence-corrected chi connectivity index (χ1v) is 11.0. The number of nitrogens with zero attached hydrogens (tertiary/aromatic N) is 6. The van der Waals surface area contributed by atoms with Crippen molar-refractivity contribution >= 4 is 21.6 Å². The van der Waals surface area contributed by atoms with Crippen molar-refractivity contribution in [3.05, 3.63) is 24.4 Å². The SMILES string of the molecule is CCCn1cnnc1CNc1nccc(N2CCN[C@H]3CS(=O)(=O)C[C@H]32)n1. The van der Waals surface area contributed by atoms with Gasteiger partial charge in [-0.2, -0.15) is 4.98 Å². The second kappa shape index (κ2) is 7.39. The number of anilines is 2. The van der Waals surface area contributed by atoms with Crippen LogP contribution in [0.15, 0.2) is 18.6 Å². The summed E-state index contributed by atoms with van der Waals surface area (Å²) in [6.07, 6.45) is 4.42. The molecule has 2 aliphatic heterocycles. The molecule has 2 aromatic heterocycles. The Bertz CT molecular complexity index is 899. The summed E-state index contributed by atoms with van der Waals surface area (Å²) in [5, 5.41) is 14.6. The molecular formula is C16H24N8O2S. The zero-order valence-electron chi connectivity index (χ0n) is 15.2. The molecule has 27 heavy (non-hydrogen) atoms. The van der Waals surface area contributed by atoms with Crippen molar-refractivity contribution in [3.63, 3.8) is 0 Å². The molecule has 2 aliphatic rings. The lowest BCUT2D eigenvalue weighted by Gasteiger charge is -2.38. The standard InChI is InChI=1S/C16H24N8O2S/c1-2-6-23-11-20-22-15(23)8-19-16-18-4-3-14(21-16)24-7-5-17-12-9-27(25,26)10-13(12)24/h3-4,11-13,17H,2,5-10H2,1H3,(H,18,19,21)/t12-,13+/m0/s1. The zero-order valence-corrected chi connectivity index (χ0v) is 16.1. The molecule has 0 aromatic carbocycles. The van der Waals surface area contributed by atoms with Crippen LogP contribution < -0.4 is 15.5 Å². The lowest BCUT2D eigenvalue weighted by atomic mass is 10.1. The molecule has 146 valence electrons. The Labute approximate surface area is 158 Å². The third-order valence-electron chi connectivity index (χ3n) is 4.98. The summed E-state index contributed by atoms with van der Waals surface area (Å²) in [5.41, 5.74) is 0. The fourth-order valence-corrected chi connectivity index (χ4v) is 5.70. The van der Waals surface area contributed by atoms with E-state index in [0.717, 1.165) is 37.7 Å². The van der Waals surface area contributed by atoms with Gasteiger partial charge in [0.25, 0.3) is 0 Å². The molecule has 2 saturated heterocycles. The minimum absolute atomic E-state index is 0.0391. The summed E-state index contributed by atoms with van der Waals surface area (Å²) in [6, 6.07) is 1.71. The molecule has 11 heteroatoms. The number of nitrogens with one attached hydrogen (secondary N) is 2. The van der Waals surface area contributed by atoms with Gasteiger partial charge in [0.1, 0.15) is 12.1 Å². The maximum atomic E-state index is 12.0. The fourth-order valence-electron chi connectivity index (χ4n) is 3.75. The third-order valence-corrected chi connectivity index (χ3v) is 6.70. The summed E-state index contributed by atoms with van der Waals surface area (Å²) in [4.78, 5) is 11.0. The predicted octanol–water partition coefficient (Wildman–Crippen LogP) is -0.335. The van der Waals surface area contributed by atoms with E-state index in [1.807, 2.05) is 10.6 Å². The monoisotopic (exact) mass is 392 g/mol. The highest BCUT2D eigenvalue weighted by atomic mass is 32.2. The normalized spacial score (nSPS) is 24.0. The first-order valence-electron chi connectivity index (χ1n) is 9.20. The van der Waals surface area contributed by atoms with E-state index in [1.54, 1.807) is 12.5 Å².